The average Bonchev–Trinajstić information content (AvgIpc) is 2.93. The van der Waals surface area contributed by atoms with Crippen molar-refractivity contribution < 1.29 is 0 Å². The molecule has 19 heavy (non-hydrogen) atoms. The van der Waals surface area contributed by atoms with Crippen LogP contribution in [-0.2, 0) is 6.42 Å². The number of nitrogens with zero attached hydrogens (tertiary/aromatic N) is 3. The zero-order valence-corrected chi connectivity index (χ0v) is 12.8. The highest BCUT2D eigenvalue weighted by molar-refractivity contribution is 7.09. The number of nitrogens with two attached hydrogens (primary N) is 1. The summed E-state index contributed by atoms with van der Waals surface area (Å²) in [5.74, 6) is 5.68. The number of nitrogens with one attached hydrogen (secondary N) is 1. The third-order valence-corrected chi connectivity index (χ3v) is 4.13. The highest BCUT2D eigenvalue weighted by Crippen LogP contribution is 2.28. The Morgan fingerprint density at radius 1 is 1.53 bits per heavy atom. The molecule has 0 aliphatic heterocycles. The van der Waals surface area contributed by atoms with E-state index in [1.165, 1.54) is 0 Å². The van der Waals surface area contributed by atoms with Crippen molar-refractivity contribution in [3.63, 3.8) is 0 Å². The number of halogens is 1. The van der Waals surface area contributed by atoms with Gasteiger partial charge in [-0.3, -0.25) is 16.0 Å². The molecule has 2 heterocycles. The van der Waals surface area contributed by atoms with Gasteiger partial charge in [0.25, 0.3) is 0 Å². The van der Waals surface area contributed by atoms with Crippen molar-refractivity contribution in [2.45, 2.75) is 39.3 Å². The van der Waals surface area contributed by atoms with Gasteiger partial charge in [0.15, 0.2) is 0 Å². The van der Waals surface area contributed by atoms with Crippen molar-refractivity contribution in [3.05, 3.63) is 33.0 Å². The zero-order chi connectivity index (χ0) is 14.0. The monoisotopic (exact) mass is 299 g/mol. The van der Waals surface area contributed by atoms with Gasteiger partial charge >= 0.3 is 0 Å². The van der Waals surface area contributed by atoms with E-state index in [0.29, 0.717) is 11.4 Å². The van der Waals surface area contributed by atoms with E-state index in [-0.39, 0.29) is 12.1 Å². The van der Waals surface area contributed by atoms with Crippen molar-refractivity contribution in [1.29, 1.82) is 0 Å². The topological polar surface area (TPSA) is 68.8 Å². The zero-order valence-electron chi connectivity index (χ0n) is 11.2. The van der Waals surface area contributed by atoms with Crippen LogP contribution in [0.5, 0.6) is 0 Å². The summed E-state index contributed by atoms with van der Waals surface area (Å²) >= 11 is 7.87. The SMILES string of the molecule is Cc1csc(CC(NN)c2c(Cl)cnn2C(C)C)n1. The summed E-state index contributed by atoms with van der Waals surface area (Å²) in [7, 11) is 0. The molecular weight excluding hydrogens is 282 g/mol. The van der Waals surface area contributed by atoms with Crippen LogP contribution in [0.4, 0.5) is 0 Å². The maximum Gasteiger partial charge on any atom is 0.0948 e. The van der Waals surface area contributed by atoms with E-state index in [0.717, 1.165) is 16.4 Å². The Kier molecular flexibility index (Phi) is 4.57. The van der Waals surface area contributed by atoms with E-state index in [2.05, 4.69) is 29.4 Å². The minimum Gasteiger partial charge on any atom is -0.271 e. The Labute approximate surface area is 121 Å². The van der Waals surface area contributed by atoms with Gasteiger partial charge in [0.05, 0.1) is 28.0 Å². The van der Waals surface area contributed by atoms with Gasteiger partial charge in [-0.05, 0) is 20.8 Å². The molecule has 3 N–H and O–H groups in total. The van der Waals surface area contributed by atoms with E-state index in [1.807, 2.05) is 17.0 Å². The van der Waals surface area contributed by atoms with Crippen LogP contribution in [0.1, 0.15) is 42.3 Å². The molecule has 1 atom stereocenters. The fourth-order valence-electron chi connectivity index (χ4n) is 1.99. The summed E-state index contributed by atoms with van der Waals surface area (Å²) < 4.78 is 1.90. The van der Waals surface area contributed by atoms with E-state index in [1.54, 1.807) is 17.5 Å². The first kappa shape index (κ1) is 14.5. The van der Waals surface area contributed by atoms with Crippen LogP contribution in [0, 0.1) is 6.92 Å². The fourth-order valence-corrected chi connectivity index (χ4v) is 3.07. The lowest BCUT2D eigenvalue weighted by molar-refractivity contribution is 0.447. The molecule has 0 fully saturated rings. The minimum atomic E-state index is -0.0945. The molecule has 0 saturated carbocycles. The summed E-state index contributed by atoms with van der Waals surface area (Å²) in [5.41, 5.74) is 4.76. The van der Waals surface area contributed by atoms with E-state index >= 15 is 0 Å². The van der Waals surface area contributed by atoms with Gasteiger partial charge in [0, 0.05) is 23.5 Å². The molecule has 0 aliphatic carbocycles. The molecule has 0 aliphatic rings. The van der Waals surface area contributed by atoms with Crippen molar-refractivity contribution in [2.75, 3.05) is 0 Å². The van der Waals surface area contributed by atoms with Gasteiger partial charge in [0.2, 0.25) is 0 Å². The summed E-state index contributed by atoms with van der Waals surface area (Å²) in [6, 6.07) is 0.138. The second-order valence-electron chi connectivity index (χ2n) is 4.72. The third kappa shape index (κ3) is 3.14. The highest BCUT2D eigenvalue weighted by atomic mass is 35.5. The molecule has 104 valence electrons. The van der Waals surface area contributed by atoms with Crippen LogP contribution in [0.25, 0.3) is 0 Å². The fraction of sp³-hybridized carbons (Fsp3) is 0.500. The summed E-state index contributed by atoms with van der Waals surface area (Å²) in [5, 5.41) is 8.00. The second kappa shape index (κ2) is 6.00. The molecule has 0 radical (unpaired) electrons. The molecule has 2 aromatic rings. The Morgan fingerprint density at radius 2 is 2.26 bits per heavy atom. The average molecular weight is 300 g/mol. The number of hydrogen-bond acceptors (Lipinski definition) is 5. The van der Waals surface area contributed by atoms with Gasteiger partial charge in [0.1, 0.15) is 0 Å². The molecule has 7 heteroatoms. The Hall–Kier alpha value is -0.950. The van der Waals surface area contributed by atoms with Gasteiger partial charge in [-0.15, -0.1) is 11.3 Å². The van der Waals surface area contributed by atoms with Crippen molar-refractivity contribution >= 4 is 22.9 Å². The number of thiazole rings is 1. The van der Waals surface area contributed by atoms with Gasteiger partial charge in [-0.25, -0.2) is 4.98 Å². The summed E-state index contributed by atoms with van der Waals surface area (Å²) in [6.07, 6.45) is 2.36. The normalized spacial score (nSPS) is 13.2. The van der Waals surface area contributed by atoms with Crippen LogP contribution in [-0.4, -0.2) is 14.8 Å². The lowest BCUT2D eigenvalue weighted by Gasteiger charge is -2.19. The molecule has 5 nitrogen and oxygen atoms in total. The lowest BCUT2D eigenvalue weighted by atomic mass is 10.1. The van der Waals surface area contributed by atoms with E-state index in [4.69, 9.17) is 17.4 Å². The second-order valence-corrected chi connectivity index (χ2v) is 6.07. The number of hydrazine groups is 1. The van der Waals surface area contributed by atoms with Crippen LogP contribution < -0.4 is 11.3 Å². The van der Waals surface area contributed by atoms with Gasteiger partial charge in [-0.1, -0.05) is 11.6 Å². The van der Waals surface area contributed by atoms with E-state index < -0.39 is 0 Å². The molecule has 0 amide bonds. The van der Waals surface area contributed by atoms with Gasteiger partial charge < -0.3 is 0 Å². The molecule has 2 rings (SSSR count). The standard InChI is InChI=1S/C12H18ClN5S/c1-7(2)18-12(9(13)5-15-18)10(17-14)4-11-16-8(3)6-19-11/h5-7,10,17H,4,14H2,1-3H3. The molecule has 0 aromatic carbocycles. The molecule has 0 saturated heterocycles. The molecule has 2 aromatic heterocycles. The van der Waals surface area contributed by atoms with Crippen LogP contribution in [0.2, 0.25) is 5.02 Å². The van der Waals surface area contributed by atoms with Crippen molar-refractivity contribution in [1.82, 2.24) is 20.2 Å². The molecular formula is C12H18ClN5S. The van der Waals surface area contributed by atoms with Crippen LogP contribution in [0.3, 0.4) is 0 Å². The quantitative estimate of drug-likeness (QED) is 0.658. The Morgan fingerprint density at radius 3 is 2.79 bits per heavy atom. The Bertz CT molecular complexity index is 548. The number of hydrogen-bond donors (Lipinski definition) is 2. The van der Waals surface area contributed by atoms with Crippen LogP contribution in [0.15, 0.2) is 11.6 Å². The maximum absolute atomic E-state index is 6.24. The molecule has 0 bridgehead atoms. The minimum absolute atomic E-state index is 0.0945. The summed E-state index contributed by atoms with van der Waals surface area (Å²) in [6.45, 7) is 6.11. The first-order valence-electron chi connectivity index (χ1n) is 6.13. The van der Waals surface area contributed by atoms with Crippen molar-refractivity contribution in [3.8, 4) is 0 Å². The molecule has 0 spiro atoms. The highest BCUT2D eigenvalue weighted by Gasteiger charge is 2.22. The van der Waals surface area contributed by atoms with Gasteiger partial charge in [-0.2, -0.15) is 5.10 Å². The predicted molar refractivity (Wildman–Crippen MR) is 78.2 cm³/mol. The number of rotatable bonds is 5. The first-order chi connectivity index (χ1) is 9.02. The smallest absolute Gasteiger partial charge is 0.0948 e. The van der Waals surface area contributed by atoms with Crippen LogP contribution >= 0.6 is 22.9 Å². The predicted octanol–water partition coefficient (Wildman–Crippen LogP) is 2.63. The summed E-state index contributed by atoms with van der Waals surface area (Å²) in [4.78, 5) is 4.46. The molecule has 1 unspecified atom stereocenters. The lowest BCUT2D eigenvalue weighted by Crippen LogP contribution is -2.32. The number of aryl methyl sites for hydroxylation is 1. The van der Waals surface area contributed by atoms with Crippen molar-refractivity contribution in [2.24, 2.45) is 5.84 Å². The first-order valence-corrected chi connectivity index (χ1v) is 7.38. The number of aromatic nitrogens is 3. The third-order valence-electron chi connectivity index (χ3n) is 2.85. The maximum atomic E-state index is 6.24. The van der Waals surface area contributed by atoms with E-state index in [9.17, 15) is 0 Å². The Balaban J connectivity index is 2.29. The largest absolute Gasteiger partial charge is 0.271 e.